The maximum Gasteiger partial charge on any atom is 0.233 e. The second kappa shape index (κ2) is 8.23. The van der Waals surface area contributed by atoms with Gasteiger partial charge in [0.05, 0.1) is 10.8 Å². The molecule has 1 saturated heterocycles. The summed E-state index contributed by atoms with van der Waals surface area (Å²) in [5.74, 6) is 2.08. The van der Waals surface area contributed by atoms with Crippen LogP contribution < -0.4 is 0 Å². The first-order chi connectivity index (χ1) is 13.1. The number of benzene rings is 1. The van der Waals surface area contributed by atoms with Crippen LogP contribution in [-0.2, 0) is 11.8 Å². The molecule has 2 aromatic rings. The Morgan fingerprint density at radius 1 is 1.19 bits per heavy atom. The number of nitrogens with zero attached hydrogens (tertiary/aromatic N) is 4. The van der Waals surface area contributed by atoms with E-state index in [-0.39, 0.29) is 5.91 Å². The number of aromatic nitrogens is 3. The first kappa shape index (κ1) is 18.8. The van der Waals surface area contributed by atoms with Crippen LogP contribution >= 0.6 is 23.4 Å². The monoisotopic (exact) mass is 404 g/mol. The zero-order valence-electron chi connectivity index (χ0n) is 15.6. The average Bonchev–Trinajstić information content (AvgIpc) is 3.06. The molecule has 2 atom stereocenters. The molecule has 0 spiro atoms. The van der Waals surface area contributed by atoms with Crippen LogP contribution in [0, 0.1) is 5.92 Å². The van der Waals surface area contributed by atoms with Crippen molar-refractivity contribution in [3.05, 3.63) is 29.3 Å². The molecule has 144 valence electrons. The number of hydrogen-bond donors (Lipinski definition) is 0. The predicted molar refractivity (Wildman–Crippen MR) is 109 cm³/mol. The van der Waals surface area contributed by atoms with Crippen LogP contribution in [0.3, 0.4) is 0 Å². The molecule has 2 heterocycles. The van der Waals surface area contributed by atoms with Gasteiger partial charge >= 0.3 is 0 Å². The van der Waals surface area contributed by atoms with Gasteiger partial charge in [0.2, 0.25) is 5.91 Å². The van der Waals surface area contributed by atoms with Crippen LogP contribution in [0.2, 0.25) is 5.02 Å². The molecule has 5 nitrogen and oxygen atoms in total. The number of thioether (sulfide) groups is 1. The summed E-state index contributed by atoms with van der Waals surface area (Å²) >= 11 is 7.75. The topological polar surface area (TPSA) is 51.0 Å². The van der Waals surface area contributed by atoms with E-state index in [1.54, 1.807) is 0 Å². The molecule has 1 aliphatic carbocycles. The predicted octanol–water partition coefficient (Wildman–Crippen LogP) is 4.41. The third kappa shape index (κ3) is 3.87. The lowest BCUT2D eigenvalue weighted by molar-refractivity contribution is -0.134. The van der Waals surface area contributed by atoms with E-state index in [9.17, 15) is 4.79 Å². The fourth-order valence-corrected chi connectivity index (χ4v) is 5.48. The van der Waals surface area contributed by atoms with Gasteiger partial charge in [-0.25, -0.2) is 0 Å². The summed E-state index contributed by atoms with van der Waals surface area (Å²) in [4.78, 5) is 15.0. The first-order valence-corrected chi connectivity index (χ1v) is 11.1. The Kier molecular flexibility index (Phi) is 5.74. The SMILES string of the molecule is Cn1c(SCC(=O)N2CCC[C@@H]3CCCC[C@@H]32)nnc1-c1ccccc1Cl. The molecule has 0 bridgehead atoms. The Morgan fingerprint density at radius 2 is 1.96 bits per heavy atom. The second-order valence-corrected chi connectivity index (χ2v) is 8.82. The Morgan fingerprint density at radius 3 is 2.81 bits per heavy atom. The van der Waals surface area contributed by atoms with Gasteiger partial charge in [-0.1, -0.05) is 48.3 Å². The number of carbonyl (C=O) groups is 1. The van der Waals surface area contributed by atoms with E-state index in [1.807, 2.05) is 35.9 Å². The minimum Gasteiger partial charge on any atom is -0.339 e. The number of fused-ring (bicyclic) bond motifs is 1. The van der Waals surface area contributed by atoms with Crippen molar-refractivity contribution in [1.82, 2.24) is 19.7 Å². The van der Waals surface area contributed by atoms with E-state index in [1.165, 1.54) is 43.9 Å². The molecule has 1 saturated carbocycles. The molecular weight excluding hydrogens is 380 g/mol. The highest BCUT2D eigenvalue weighted by molar-refractivity contribution is 7.99. The van der Waals surface area contributed by atoms with Gasteiger partial charge in [-0.05, 0) is 43.7 Å². The molecule has 1 aromatic carbocycles. The molecule has 0 radical (unpaired) electrons. The number of hydrogen-bond acceptors (Lipinski definition) is 4. The van der Waals surface area contributed by atoms with Crippen LogP contribution in [-0.4, -0.2) is 43.9 Å². The molecule has 27 heavy (non-hydrogen) atoms. The van der Waals surface area contributed by atoms with Crippen LogP contribution in [0.4, 0.5) is 0 Å². The minimum absolute atomic E-state index is 0.235. The quantitative estimate of drug-likeness (QED) is 0.708. The highest BCUT2D eigenvalue weighted by Crippen LogP contribution is 2.36. The van der Waals surface area contributed by atoms with E-state index >= 15 is 0 Å². The van der Waals surface area contributed by atoms with Gasteiger partial charge in [0, 0.05) is 25.2 Å². The summed E-state index contributed by atoms with van der Waals surface area (Å²) < 4.78 is 1.92. The molecule has 7 heteroatoms. The van der Waals surface area contributed by atoms with Gasteiger partial charge in [-0.2, -0.15) is 0 Å². The average molecular weight is 405 g/mol. The van der Waals surface area contributed by atoms with Crippen LogP contribution in [0.5, 0.6) is 0 Å². The molecule has 2 aliphatic rings. The van der Waals surface area contributed by atoms with E-state index in [4.69, 9.17) is 11.6 Å². The van der Waals surface area contributed by atoms with Crippen molar-refractivity contribution in [2.45, 2.75) is 49.7 Å². The Hall–Kier alpha value is -1.53. The van der Waals surface area contributed by atoms with Crippen LogP contribution in [0.25, 0.3) is 11.4 Å². The zero-order valence-corrected chi connectivity index (χ0v) is 17.2. The van der Waals surface area contributed by atoms with E-state index in [0.717, 1.165) is 29.5 Å². The van der Waals surface area contributed by atoms with Crippen molar-refractivity contribution in [1.29, 1.82) is 0 Å². The second-order valence-electron chi connectivity index (χ2n) is 7.47. The summed E-state index contributed by atoms with van der Waals surface area (Å²) in [6, 6.07) is 8.07. The van der Waals surface area contributed by atoms with Crippen molar-refractivity contribution >= 4 is 29.3 Å². The fraction of sp³-hybridized carbons (Fsp3) is 0.550. The lowest BCUT2D eigenvalue weighted by Gasteiger charge is -2.44. The largest absolute Gasteiger partial charge is 0.339 e. The molecular formula is C20H25ClN4OS. The number of carbonyl (C=O) groups excluding carboxylic acids is 1. The Balaban J connectivity index is 1.43. The first-order valence-electron chi connectivity index (χ1n) is 9.71. The zero-order chi connectivity index (χ0) is 18.8. The van der Waals surface area contributed by atoms with Gasteiger partial charge in [0.15, 0.2) is 11.0 Å². The number of amides is 1. The molecule has 1 amide bonds. The Bertz CT molecular complexity index is 822. The summed E-state index contributed by atoms with van der Waals surface area (Å²) in [7, 11) is 1.92. The molecule has 2 fully saturated rings. The normalized spacial score (nSPS) is 22.5. The minimum atomic E-state index is 0.235. The number of piperidine rings is 1. The standard InChI is InChI=1S/C20H25ClN4OS/c1-24-19(15-9-3-4-10-16(15)21)22-23-20(24)27-13-18(26)25-12-6-8-14-7-2-5-11-17(14)25/h3-4,9-10,14,17H,2,5-8,11-13H2,1H3/t14-,17-/m0/s1. The maximum atomic E-state index is 12.9. The number of halogens is 1. The lowest BCUT2D eigenvalue weighted by atomic mass is 9.78. The number of likely N-dealkylation sites (tertiary alicyclic amines) is 1. The summed E-state index contributed by atoms with van der Waals surface area (Å²) in [5, 5.41) is 9.96. The van der Waals surface area contributed by atoms with Crippen molar-refractivity contribution in [3.63, 3.8) is 0 Å². The highest BCUT2D eigenvalue weighted by atomic mass is 35.5. The van der Waals surface area contributed by atoms with Crippen molar-refractivity contribution < 1.29 is 4.79 Å². The van der Waals surface area contributed by atoms with Crippen molar-refractivity contribution in [3.8, 4) is 11.4 Å². The van der Waals surface area contributed by atoms with Crippen LogP contribution in [0.15, 0.2) is 29.4 Å². The van der Waals surface area contributed by atoms with Gasteiger partial charge in [0.25, 0.3) is 0 Å². The van der Waals surface area contributed by atoms with Crippen molar-refractivity contribution in [2.24, 2.45) is 13.0 Å². The lowest BCUT2D eigenvalue weighted by Crippen LogP contribution is -2.50. The third-order valence-electron chi connectivity index (χ3n) is 5.84. The summed E-state index contributed by atoms with van der Waals surface area (Å²) in [6.07, 6.45) is 7.45. The van der Waals surface area contributed by atoms with E-state index in [0.29, 0.717) is 22.7 Å². The molecule has 1 aliphatic heterocycles. The molecule has 0 N–H and O–H groups in total. The maximum absolute atomic E-state index is 12.9. The third-order valence-corrected chi connectivity index (χ3v) is 7.17. The highest BCUT2D eigenvalue weighted by Gasteiger charge is 2.35. The molecule has 4 rings (SSSR count). The van der Waals surface area contributed by atoms with Gasteiger partial charge < -0.3 is 9.47 Å². The fourth-order valence-electron chi connectivity index (χ4n) is 4.46. The smallest absolute Gasteiger partial charge is 0.233 e. The van der Waals surface area contributed by atoms with Gasteiger partial charge in [0.1, 0.15) is 0 Å². The number of rotatable bonds is 4. The van der Waals surface area contributed by atoms with Gasteiger partial charge in [-0.3, -0.25) is 4.79 Å². The van der Waals surface area contributed by atoms with E-state index in [2.05, 4.69) is 15.1 Å². The van der Waals surface area contributed by atoms with Crippen molar-refractivity contribution in [2.75, 3.05) is 12.3 Å². The van der Waals surface area contributed by atoms with E-state index < -0.39 is 0 Å². The summed E-state index contributed by atoms with van der Waals surface area (Å²) in [6.45, 7) is 0.907. The molecule has 0 unspecified atom stereocenters. The summed E-state index contributed by atoms with van der Waals surface area (Å²) in [5.41, 5.74) is 0.855. The molecule has 1 aromatic heterocycles. The Labute approximate surface area is 169 Å². The van der Waals surface area contributed by atoms with Gasteiger partial charge in [-0.15, -0.1) is 10.2 Å². The van der Waals surface area contributed by atoms with Crippen LogP contribution in [0.1, 0.15) is 38.5 Å².